The van der Waals surface area contributed by atoms with E-state index < -0.39 is 11.7 Å². The lowest BCUT2D eigenvalue weighted by molar-refractivity contribution is -0.137. The first-order valence-corrected chi connectivity index (χ1v) is 7.59. The predicted octanol–water partition coefficient (Wildman–Crippen LogP) is 5.56. The highest BCUT2D eigenvalue weighted by atomic mass is 19.4. The first kappa shape index (κ1) is 16.1. The van der Waals surface area contributed by atoms with Crippen molar-refractivity contribution in [2.45, 2.75) is 58.0 Å². The van der Waals surface area contributed by atoms with E-state index in [1.54, 1.807) is 6.92 Å². The Morgan fingerprint density at radius 3 is 2.29 bits per heavy atom. The Balaban J connectivity index is 2.08. The molecule has 1 fully saturated rings. The van der Waals surface area contributed by atoms with Crippen LogP contribution in [0, 0.1) is 12.8 Å². The van der Waals surface area contributed by atoms with Gasteiger partial charge in [-0.05, 0) is 30.5 Å². The van der Waals surface area contributed by atoms with E-state index in [2.05, 4.69) is 0 Å². The molecule has 0 unspecified atom stereocenters. The van der Waals surface area contributed by atoms with Crippen molar-refractivity contribution >= 4 is 5.78 Å². The number of aryl methyl sites for hydroxylation is 1. The Bertz CT molecular complexity index is 497. The minimum atomic E-state index is -4.35. The van der Waals surface area contributed by atoms with Crippen LogP contribution in [0.4, 0.5) is 13.2 Å². The number of rotatable bonds is 3. The van der Waals surface area contributed by atoms with Crippen LogP contribution in [0.1, 0.15) is 66.4 Å². The van der Waals surface area contributed by atoms with Crippen LogP contribution >= 0.6 is 0 Å². The van der Waals surface area contributed by atoms with Crippen molar-refractivity contribution in [3.63, 3.8) is 0 Å². The summed E-state index contributed by atoms with van der Waals surface area (Å²) in [6.07, 6.45) is 3.00. The van der Waals surface area contributed by atoms with Crippen LogP contribution in [-0.4, -0.2) is 5.78 Å². The Kier molecular flexibility index (Phi) is 5.07. The van der Waals surface area contributed by atoms with Crippen LogP contribution in [0.15, 0.2) is 18.2 Å². The highest BCUT2D eigenvalue weighted by molar-refractivity contribution is 5.97. The van der Waals surface area contributed by atoms with Gasteiger partial charge in [-0.25, -0.2) is 0 Å². The normalized spacial score (nSPS) is 17.5. The average molecular weight is 298 g/mol. The van der Waals surface area contributed by atoms with Gasteiger partial charge in [-0.3, -0.25) is 4.79 Å². The van der Waals surface area contributed by atoms with Gasteiger partial charge in [0, 0.05) is 12.0 Å². The Morgan fingerprint density at radius 1 is 1.14 bits per heavy atom. The molecule has 0 radical (unpaired) electrons. The summed E-state index contributed by atoms with van der Waals surface area (Å²) in [5.41, 5.74) is 0.168. The first-order chi connectivity index (χ1) is 9.88. The van der Waals surface area contributed by atoms with Gasteiger partial charge >= 0.3 is 6.18 Å². The topological polar surface area (TPSA) is 17.1 Å². The quantitative estimate of drug-likeness (QED) is 0.527. The minimum absolute atomic E-state index is 0.0203. The molecular formula is C17H21F3O. The molecule has 1 aromatic carbocycles. The number of hydrogen-bond donors (Lipinski definition) is 0. The van der Waals surface area contributed by atoms with Crippen LogP contribution in [0.5, 0.6) is 0 Å². The molecule has 116 valence electrons. The zero-order chi connectivity index (χ0) is 15.5. The largest absolute Gasteiger partial charge is 0.416 e. The van der Waals surface area contributed by atoms with E-state index in [1.807, 2.05) is 0 Å². The van der Waals surface area contributed by atoms with Gasteiger partial charge in [0.25, 0.3) is 0 Å². The molecular weight excluding hydrogens is 277 g/mol. The van der Waals surface area contributed by atoms with Crippen molar-refractivity contribution in [3.05, 3.63) is 34.9 Å². The standard InChI is InChI=1S/C17H21F3O/c1-12-10-14(17(18,19)20)8-9-15(12)16(21)11-13-6-4-2-3-5-7-13/h8-10,13H,2-7,11H2,1H3. The van der Waals surface area contributed by atoms with Gasteiger partial charge in [0.1, 0.15) is 0 Å². The molecule has 1 saturated carbocycles. The molecule has 0 N–H and O–H groups in total. The highest BCUT2D eigenvalue weighted by Gasteiger charge is 2.31. The summed E-state index contributed by atoms with van der Waals surface area (Å²) in [6, 6.07) is 3.41. The molecule has 2 rings (SSSR count). The third-order valence-corrected chi connectivity index (χ3v) is 4.30. The van der Waals surface area contributed by atoms with Crippen LogP contribution in [0.25, 0.3) is 0 Å². The summed E-state index contributed by atoms with van der Waals surface area (Å²) in [4.78, 5) is 12.3. The minimum Gasteiger partial charge on any atom is -0.294 e. The lowest BCUT2D eigenvalue weighted by atomic mass is 9.90. The van der Waals surface area contributed by atoms with Gasteiger partial charge in [0.2, 0.25) is 0 Å². The van der Waals surface area contributed by atoms with Gasteiger partial charge < -0.3 is 0 Å². The van der Waals surface area contributed by atoms with Gasteiger partial charge in [0.15, 0.2) is 5.78 Å². The number of halogens is 3. The van der Waals surface area contributed by atoms with Crippen LogP contribution < -0.4 is 0 Å². The number of carbonyl (C=O) groups excluding carboxylic acids is 1. The molecule has 0 heterocycles. The van der Waals surface area contributed by atoms with Crippen LogP contribution in [0.3, 0.4) is 0 Å². The van der Waals surface area contributed by atoms with Crippen LogP contribution in [0.2, 0.25) is 0 Å². The number of carbonyl (C=O) groups is 1. The summed E-state index contributed by atoms with van der Waals surface area (Å²) >= 11 is 0. The van der Waals surface area contributed by atoms with E-state index in [0.29, 0.717) is 23.5 Å². The van der Waals surface area contributed by atoms with Crippen LogP contribution in [-0.2, 0) is 6.18 Å². The third-order valence-electron chi connectivity index (χ3n) is 4.30. The number of Topliss-reactive ketones (excluding diaryl/α,β-unsaturated/α-hetero) is 1. The van der Waals surface area contributed by atoms with Crippen molar-refractivity contribution in [1.29, 1.82) is 0 Å². The van der Waals surface area contributed by atoms with E-state index in [0.717, 1.165) is 37.8 Å². The highest BCUT2D eigenvalue weighted by Crippen LogP contribution is 2.31. The Hall–Kier alpha value is -1.32. The summed E-state index contributed by atoms with van der Waals surface area (Å²) < 4.78 is 37.9. The monoisotopic (exact) mass is 298 g/mol. The summed E-state index contributed by atoms with van der Waals surface area (Å²) in [6.45, 7) is 1.58. The molecule has 0 amide bonds. The Labute approximate surface area is 123 Å². The third kappa shape index (κ3) is 4.32. The number of hydrogen-bond acceptors (Lipinski definition) is 1. The molecule has 0 bridgehead atoms. The molecule has 1 nitrogen and oxygen atoms in total. The molecule has 1 aromatic rings. The molecule has 1 aliphatic carbocycles. The van der Waals surface area contributed by atoms with E-state index in [4.69, 9.17) is 0 Å². The molecule has 0 aromatic heterocycles. The second kappa shape index (κ2) is 6.63. The van der Waals surface area contributed by atoms with Gasteiger partial charge in [-0.15, -0.1) is 0 Å². The van der Waals surface area contributed by atoms with Crippen molar-refractivity contribution in [2.24, 2.45) is 5.92 Å². The fourth-order valence-corrected chi connectivity index (χ4v) is 3.09. The summed E-state index contributed by atoms with van der Waals surface area (Å²) in [5, 5.41) is 0. The van der Waals surface area contributed by atoms with Gasteiger partial charge in [-0.1, -0.05) is 44.6 Å². The molecule has 1 aliphatic rings. The van der Waals surface area contributed by atoms with E-state index in [1.165, 1.54) is 18.9 Å². The van der Waals surface area contributed by atoms with Gasteiger partial charge in [0.05, 0.1) is 5.56 Å². The predicted molar refractivity (Wildman–Crippen MR) is 76.3 cm³/mol. The lowest BCUT2D eigenvalue weighted by Crippen LogP contribution is -2.11. The summed E-state index contributed by atoms with van der Waals surface area (Å²) in [7, 11) is 0. The zero-order valence-corrected chi connectivity index (χ0v) is 12.3. The second-order valence-corrected chi connectivity index (χ2v) is 6.01. The molecule has 0 aliphatic heterocycles. The van der Waals surface area contributed by atoms with Crippen molar-refractivity contribution in [1.82, 2.24) is 0 Å². The average Bonchev–Trinajstić information content (AvgIpc) is 2.66. The molecule has 0 spiro atoms. The number of alkyl halides is 3. The van der Waals surface area contributed by atoms with E-state index in [9.17, 15) is 18.0 Å². The number of ketones is 1. The maximum absolute atomic E-state index is 12.6. The SMILES string of the molecule is Cc1cc(C(F)(F)F)ccc1C(=O)CC1CCCCCC1. The first-order valence-electron chi connectivity index (χ1n) is 7.59. The summed E-state index contributed by atoms with van der Waals surface area (Å²) in [5.74, 6) is 0.370. The lowest BCUT2D eigenvalue weighted by Gasteiger charge is -2.15. The van der Waals surface area contributed by atoms with Crippen molar-refractivity contribution in [2.75, 3.05) is 0 Å². The van der Waals surface area contributed by atoms with Gasteiger partial charge in [-0.2, -0.15) is 13.2 Å². The molecule has 0 saturated heterocycles. The smallest absolute Gasteiger partial charge is 0.294 e. The van der Waals surface area contributed by atoms with Crippen molar-refractivity contribution in [3.8, 4) is 0 Å². The number of benzene rings is 1. The van der Waals surface area contributed by atoms with Crippen molar-refractivity contribution < 1.29 is 18.0 Å². The molecule has 21 heavy (non-hydrogen) atoms. The molecule has 4 heteroatoms. The zero-order valence-electron chi connectivity index (χ0n) is 12.3. The maximum Gasteiger partial charge on any atom is 0.416 e. The fraction of sp³-hybridized carbons (Fsp3) is 0.588. The van der Waals surface area contributed by atoms with E-state index >= 15 is 0 Å². The van der Waals surface area contributed by atoms with E-state index in [-0.39, 0.29) is 5.78 Å². The fourth-order valence-electron chi connectivity index (χ4n) is 3.09. The Morgan fingerprint density at radius 2 is 1.76 bits per heavy atom. The maximum atomic E-state index is 12.6. The molecule has 0 atom stereocenters. The second-order valence-electron chi connectivity index (χ2n) is 6.01.